The molecule has 4 nitrogen and oxygen atoms in total. The second-order valence-electron chi connectivity index (χ2n) is 4.89. The number of hydrogen-bond acceptors (Lipinski definition) is 3. The molecular formula is C14H17F3N2O2. The van der Waals surface area contributed by atoms with E-state index >= 15 is 0 Å². The third-order valence-electron chi connectivity index (χ3n) is 3.30. The Hall–Kier alpha value is -1.60. The van der Waals surface area contributed by atoms with Crippen LogP contribution in [0.3, 0.4) is 0 Å². The van der Waals surface area contributed by atoms with E-state index in [4.69, 9.17) is 0 Å². The van der Waals surface area contributed by atoms with Gasteiger partial charge < -0.3 is 9.64 Å². The molecule has 0 saturated carbocycles. The number of ether oxygens (including phenoxy) is 1. The molecule has 1 fully saturated rings. The van der Waals surface area contributed by atoms with Crippen LogP contribution in [0, 0.1) is 6.92 Å². The van der Waals surface area contributed by atoms with E-state index in [-0.39, 0.29) is 31.8 Å². The number of alkyl halides is 3. The van der Waals surface area contributed by atoms with Crippen molar-refractivity contribution in [1.29, 1.82) is 0 Å². The number of aryl methyl sites for hydroxylation is 1. The highest BCUT2D eigenvalue weighted by atomic mass is 19.4. The monoisotopic (exact) mass is 302 g/mol. The Morgan fingerprint density at radius 3 is 2.76 bits per heavy atom. The largest absolute Gasteiger partial charge is 0.411 e. The highest BCUT2D eigenvalue weighted by Gasteiger charge is 2.32. The van der Waals surface area contributed by atoms with Crippen molar-refractivity contribution in [3.05, 3.63) is 35.4 Å². The van der Waals surface area contributed by atoms with Crippen LogP contribution in [-0.2, 0) is 9.53 Å². The molecule has 1 unspecified atom stereocenters. The summed E-state index contributed by atoms with van der Waals surface area (Å²) in [4.78, 5) is 13.4. The maximum Gasteiger partial charge on any atom is 0.411 e. The van der Waals surface area contributed by atoms with Gasteiger partial charge in [0.2, 0.25) is 5.91 Å². The van der Waals surface area contributed by atoms with E-state index in [0.29, 0.717) is 0 Å². The van der Waals surface area contributed by atoms with Crippen LogP contribution in [0.5, 0.6) is 0 Å². The van der Waals surface area contributed by atoms with Gasteiger partial charge in [-0.3, -0.25) is 10.1 Å². The Kier molecular flexibility index (Phi) is 4.84. The van der Waals surface area contributed by atoms with Crippen molar-refractivity contribution in [1.82, 2.24) is 10.2 Å². The predicted octanol–water partition coefficient (Wildman–Crippen LogP) is 2.00. The normalized spacial score (nSPS) is 19.3. The quantitative estimate of drug-likeness (QED) is 0.846. The average molecular weight is 302 g/mol. The van der Waals surface area contributed by atoms with Crippen LogP contribution in [0.1, 0.15) is 17.3 Å². The molecule has 0 aromatic heterocycles. The SMILES string of the molecule is Cc1ccccc1C1NCC(=O)N1CCOCC(F)(F)F. The molecule has 0 spiro atoms. The van der Waals surface area contributed by atoms with E-state index in [1.165, 1.54) is 4.90 Å². The van der Waals surface area contributed by atoms with Crippen molar-refractivity contribution in [3.63, 3.8) is 0 Å². The number of benzene rings is 1. The van der Waals surface area contributed by atoms with Gasteiger partial charge in [0, 0.05) is 6.54 Å². The maximum absolute atomic E-state index is 12.0. The number of nitrogens with one attached hydrogen (secondary N) is 1. The Morgan fingerprint density at radius 2 is 2.10 bits per heavy atom. The molecule has 0 bridgehead atoms. The zero-order chi connectivity index (χ0) is 15.5. The van der Waals surface area contributed by atoms with Gasteiger partial charge in [0.1, 0.15) is 12.8 Å². The first-order valence-electron chi connectivity index (χ1n) is 6.61. The van der Waals surface area contributed by atoms with Crippen LogP contribution >= 0.6 is 0 Å². The summed E-state index contributed by atoms with van der Waals surface area (Å²) in [7, 11) is 0. The number of nitrogens with zero attached hydrogens (tertiary/aromatic N) is 1. The van der Waals surface area contributed by atoms with Crippen molar-refractivity contribution in [2.75, 3.05) is 26.3 Å². The Balaban J connectivity index is 1.96. The van der Waals surface area contributed by atoms with E-state index in [0.717, 1.165) is 11.1 Å². The zero-order valence-corrected chi connectivity index (χ0v) is 11.6. The predicted molar refractivity (Wildman–Crippen MR) is 70.5 cm³/mol. The summed E-state index contributed by atoms with van der Waals surface area (Å²) >= 11 is 0. The number of rotatable bonds is 5. The summed E-state index contributed by atoms with van der Waals surface area (Å²) < 4.78 is 40.6. The molecule has 1 heterocycles. The molecule has 0 radical (unpaired) electrons. The van der Waals surface area contributed by atoms with Gasteiger partial charge in [-0.15, -0.1) is 0 Å². The first-order chi connectivity index (χ1) is 9.88. The van der Waals surface area contributed by atoms with Crippen molar-refractivity contribution in [2.24, 2.45) is 0 Å². The summed E-state index contributed by atoms with van der Waals surface area (Å²) in [6.07, 6.45) is -4.66. The third-order valence-corrected chi connectivity index (χ3v) is 3.30. The number of hydrogen-bond donors (Lipinski definition) is 1. The van der Waals surface area contributed by atoms with Crippen LogP contribution < -0.4 is 5.32 Å². The van der Waals surface area contributed by atoms with Crippen LogP contribution in [0.15, 0.2) is 24.3 Å². The maximum atomic E-state index is 12.0. The van der Waals surface area contributed by atoms with Gasteiger partial charge in [-0.2, -0.15) is 13.2 Å². The van der Waals surface area contributed by atoms with Gasteiger partial charge in [0.15, 0.2) is 0 Å². The molecule has 1 amide bonds. The lowest BCUT2D eigenvalue weighted by Crippen LogP contribution is -2.34. The average Bonchev–Trinajstić information content (AvgIpc) is 2.76. The van der Waals surface area contributed by atoms with Crippen molar-refractivity contribution < 1.29 is 22.7 Å². The van der Waals surface area contributed by atoms with Gasteiger partial charge >= 0.3 is 6.18 Å². The lowest BCUT2D eigenvalue weighted by atomic mass is 10.1. The highest BCUT2D eigenvalue weighted by Crippen LogP contribution is 2.24. The molecule has 1 aromatic rings. The molecule has 1 atom stereocenters. The molecule has 1 aliphatic rings. The minimum Gasteiger partial charge on any atom is -0.370 e. The van der Waals surface area contributed by atoms with Crippen LogP contribution in [0.4, 0.5) is 13.2 Å². The molecule has 0 aliphatic carbocycles. The number of carbonyl (C=O) groups excluding carboxylic acids is 1. The Morgan fingerprint density at radius 1 is 1.38 bits per heavy atom. The van der Waals surface area contributed by atoms with Gasteiger partial charge in [-0.1, -0.05) is 24.3 Å². The minimum atomic E-state index is -4.34. The third kappa shape index (κ3) is 4.18. The van der Waals surface area contributed by atoms with Crippen LogP contribution in [0.25, 0.3) is 0 Å². The second-order valence-corrected chi connectivity index (χ2v) is 4.89. The molecule has 1 N–H and O–H groups in total. The topological polar surface area (TPSA) is 41.6 Å². The molecule has 1 saturated heterocycles. The van der Waals surface area contributed by atoms with Crippen LogP contribution in [0.2, 0.25) is 0 Å². The fourth-order valence-electron chi connectivity index (χ4n) is 2.32. The molecule has 21 heavy (non-hydrogen) atoms. The highest BCUT2D eigenvalue weighted by molar-refractivity contribution is 5.81. The molecule has 7 heteroatoms. The van der Waals surface area contributed by atoms with E-state index in [1.54, 1.807) is 0 Å². The van der Waals surface area contributed by atoms with Gasteiger partial charge in [0.25, 0.3) is 0 Å². The minimum absolute atomic E-state index is 0.126. The Bertz CT molecular complexity index is 505. The smallest absolute Gasteiger partial charge is 0.370 e. The molecule has 1 aliphatic heterocycles. The van der Waals surface area contributed by atoms with E-state index in [1.807, 2.05) is 31.2 Å². The molecular weight excluding hydrogens is 285 g/mol. The van der Waals surface area contributed by atoms with Gasteiger partial charge in [-0.25, -0.2) is 0 Å². The summed E-state index contributed by atoms with van der Waals surface area (Å²) in [6, 6.07) is 7.59. The summed E-state index contributed by atoms with van der Waals surface area (Å²) in [5, 5.41) is 3.07. The number of halogens is 3. The van der Waals surface area contributed by atoms with Crippen molar-refractivity contribution >= 4 is 5.91 Å². The molecule has 1 aromatic carbocycles. The number of amides is 1. The van der Waals surface area contributed by atoms with Gasteiger partial charge in [-0.05, 0) is 18.1 Å². The molecule has 116 valence electrons. The van der Waals surface area contributed by atoms with Crippen molar-refractivity contribution in [3.8, 4) is 0 Å². The summed E-state index contributed by atoms with van der Waals surface area (Å²) in [5.74, 6) is -0.140. The summed E-state index contributed by atoms with van der Waals surface area (Å²) in [5.41, 5.74) is 1.96. The van der Waals surface area contributed by atoms with E-state index in [2.05, 4.69) is 10.1 Å². The van der Waals surface area contributed by atoms with Gasteiger partial charge in [0.05, 0.1) is 13.2 Å². The second kappa shape index (κ2) is 6.44. The molecule has 2 rings (SSSR count). The fraction of sp³-hybridized carbons (Fsp3) is 0.500. The first kappa shape index (κ1) is 15.8. The zero-order valence-electron chi connectivity index (χ0n) is 11.6. The lowest BCUT2D eigenvalue weighted by molar-refractivity contribution is -0.175. The number of carbonyl (C=O) groups is 1. The van der Waals surface area contributed by atoms with E-state index < -0.39 is 12.8 Å². The fourth-order valence-corrected chi connectivity index (χ4v) is 2.32. The lowest BCUT2D eigenvalue weighted by Gasteiger charge is -2.25. The summed E-state index contributed by atoms with van der Waals surface area (Å²) in [6.45, 7) is 0.796. The Labute approximate surface area is 120 Å². The van der Waals surface area contributed by atoms with Crippen LogP contribution in [-0.4, -0.2) is 43.3 Å². The standard InChI is InChI=1S/C14H17F3N2O2/c1-10-4-2-3-5-11(10)13-18-8-12(20)19(13)6-7-21-9-14(15,16)17/h2-5,13,18H,6-9H2,1H3. The van der Waals surface area contributed by atoms with E-state index in [9.17, 15) is 18.0 Å². The van der Waals surface area contributed by atoms with Crippen molar-refractivity contribution in [2.45, 2.75) is 19.3 Å². The first-order valence-corrected chi connectivity index (χ1v) is 6.61.